The van der Waals surface area contributed by atoms with E-state index in [1.165, 1.54) is 5.41 Å². The van der Waals surface area contributed by atoms with Crippen LogP contribution in [-0.4, -0.2) is 29.6 Å². The molecule has 1 amide bonds. The van der Waals surface area contributed by atoms with Crippen LogP contribution in [0.25, 0.3) is 5.69 Å². The van der Waals surface area contributed by atoms with Crippen molar-refractivity contribution in [1.29, 1.82) is 0 Å². The third kappa shape index (κ3) is 3.87. The Morgan fingerprint density at radius 2 is 2.17 bits per heavy atom. The molecule has 1 atom stereocenters. The van der Waals surface area contributed by atoms with Crippen molar-refractivity contribution in [1.82, 2.24) is 14.9 Å². The van der Waals surface area contributed by atoms with Gasteiger partial charge in [-0.15, -0.1) is 0 Å². The van der Waals surface area contributed by atoms with E-state index < -0.39 is 9.84 Å². The summed E-state index contributed by atoms with van der Waals surface area (Å²) in [6, 6.07) is 7.73. The summed E-state index contributed by atoms with van der Waals surface area (Å²) in [6.45, 7) is 0.385. The molecule has 0 fully saturated rings. The molecule has 0 bridgehead atoms. The van der Waals surface area contributed by atoms with Crippen molar-refractivity contribution in [2.75, 3.05) is 5.75 Å². The zero-order valence-corrected chi connectivity index (χ0v) is 13.2. The number of nitrogens with zero attached hydrogens (tertiary/aromatic N) is 2. The van der Waals surface area contributed by atoms with Crippen LogP contribution in [0.1, 0.15) is 12.0 Å². The Morgan fingerprint density at radius 3 is 2.87 bits per heavy atom. The molecular formula is C16H17N3O3S. The van der Waals surface area contributed by atoms with Crippen molar-refractivity contribution in [3.05, 3.63) is 60.0 Å². The highest BCUT2D eigenvalue weighted by molar-refractivity contribution is 7.94. The largest absolute Gasteiger partial charge is 0.352 e. The first kappa shape index (κ1) is 15.5. The van der Waals surface area contributed by atoms with Gasteiger partial charge in [0.15, 0.2) is 9.84 Å². The summed E-state index contributed by atoms with van der Waals surface area (Å²) < 4.78 is 24.6. The van der Waals surface area contributed by atoms with E-state index in [9.17, 15) is 13.2 Å². The maximum Gasteiger partial charge on any atom is 0.220 e. The van der Waals surface area contributed by atoms with Crippen molar-refractivity contribution >= 4 is 15.7 Å². The van der Waals surface area contributed by atoms with Crippen molar-refractivity contribution in [3.63, 3.8) is 0 Å². The van der Waals surface area contributed by atoms with Gasteiger partial charge in [-0.3, -0.25) is 4.79 Å². The van der Waals surface area contributed by atoms with E-state index in [1.807, 2.05) is 35.0 Å². The molecule has 3 rings (SSSR count). The molecule has 0 aliphatic carbocycles. The van der Waals surface area contributed by atoms with Gasteiger partial charge in [0.1, 0.15) is 0 Å². The van der Waals surface area contributed by atoms with E-state index in [4.69, 9.17) is 0 Å². The Labute approximate surface area is 134 Å². The lowest BCUT2D eigenvalue weighted by molar-refractivity contribution is -0.121. The van der Waals surface area contributed by atoms with Crippen molar-refractivity contribution < 1.29 is 13.2 Å². The fourth-order valence-corrected chi connectivity index (χ4v) is 3.98. The molecule has 1 aromatic heterocycles. The normalized spacial score (nSPS) is 18.9. The minimum absolute atomic E-state index is 0.0199. The summed E-state index contributed by atoms with van der Waals surface area (Å²) >= 11 is 0. The standard InChI is InChI=1S/C16H17N3O3S/c20-16(9-13-5-8-23(21,22)11-13)18-10-14-3-1-2-4-15(14)19-7-6-17-12-19/h1-8,12-13H,9-11H2,(H,18,20). The second-order valence-corrected chi connectivity index (χ2v) is 7.43. The summed E-state index contributed by atoms with van der Waals surface area (Å²) in [5.41, 5.74) is 1.92. The molecule has 2 aromatic rings. The highest BCUT2D eigenvalue weighted by Gasteiger charge is 2.23. The Hall–Kier alpha value is -2.41. The molecule has 0 spiro atoms. The SMILES string of the molecule is O=C(CC1C=CS(=O)(=O)C1)NCc1ccccc1-n1ccnc1. The van der Waals surface area contributed by atoms with Gasteiger partial charge in [0.2, 0.25) is 5.91 Å². The number of para-hydroxylation sites is 1. The first-order valence-electron chi connectivity index (χ1n) is 7.27. The van der Waals surface area contributed by atoms with Crippen LogP contribution in [0, 0.1) is 5.92 Å². The molecule has 1 aliphatic rings. The minimum Gasteiger partial charge on any atom is -0.352 e. The Bertz CT molecular complexity index is 826. The van der Waals surface area contributed by atoms with Gasteiger partial charge in [-0.2, -0.15) is 0 Å². The molecule has 1 aromatic carbocycles. The highest BCUT2D eigenvalue weighted by Crippen LogP contribution is 2.18. The first-order chi connectivity index (χ1) is 11.0. The summed E-state index contributed by atoms with van der Waals surface area (Å²) in [5.74, 6) is -0.368. The fraction of sp³-hybridized carbons (Fsp3) is 0.250. The molecule has 0 radical (unpaired) electrons. The maximum atomic E-state index is 12.0. The molecule has 1 unspecified atom stereocenters. The van der Waals surface area contributed by atoms with Crippen LogP contribution < -0.4 is 5.32 Å². The number of allylic oxidation sites excluding steroid dienone is 1. The number of amides is 1. The van der Waals surface area contributed by atoms with Gasteiger partial charge in [-0.05, 0) is 11.6 Å². The van der Waals surface area contributed by atoms with E-state index in [0.717, 1.165) is 11.3 Å². The molecule has 1 N–H and O–H groups in total. The van der Waals surface area contributed by atoms with Crippen molar-refractivity contribution in [3.8, 4) is 5.69 Å². The molecule has 1 aliphatic heterocycles. The number of carbonyl (C=O) groups is 1. The highest BCUT2D eigenvalue weighted by atomic mass is 32.2. The number of hydrogen-bond donors (Lipinski definition) is 1. The topological polar surface area (TPSA) is 81.1 Å². The third-order valence-corrected chi connectivity index (χ3v) is 5.17. The minimum atomic E-state index is -3.12. The van der Waals surface area contributed by atoms with Crippen LogP contribution >= 0.6 is 0 Å². The molecule has 6 nitrogen and oxygen atoms in total. The lowest BCUT2D eigenvalue weighted by Crippen LogP contribution is -2.26. The zero-order chi connectivity index (χ0) is 16.3. The molecule has 7 heteroatoms. The Kier molecular flexibility index (Phi) is 4.29. The number of benzene rings is 1. The van der Waals surface area contributed by atoms with Gasteiger partial charge in [0.25, 0.3) is 0 Å². The number of imidazole rings is 1. The number of aromatic nitrogens is 2. The average molecular weight is 331 g/mol. The first-order valence-corrected chi connectivity index (χ1v) is 8.99. The molecule has 0 saturated heterocycles. The number of carbonyl (C=O) groups excluding carboxylic acids is 1. The number of rotatable bonds is 5. The summed E-state index contributed by atoms with van der Waals surface area (Å²) in [6.07, 6.45) is 7.02. The summed E-state index contributed by atoms with van der Waals surface area (Å²) in [4.78, 5) is 16.1. The molecule has 2 heterocycles. The van der Waals surface area contributed by atoms with Gasteiger partial charge < -0.3 is 9.88 Å². The molecule has 0 saturated carbocycles. The second kappa shape index (κ2) is 6.37. The van der Waals surface area contributed by atoms with Gasteiger partial charge in [-0.1, -0.05) is 24.3 Å². The van der Waals surface area contributed by atoms with E-state index in [1.54, 1.807) is 18.6 Å². The van der Waals surface area contributed by atoms with Crippen LogP contribution in [-0.2, 0) is 21.2 Å². The van der Waals surface area contributed by atoms with Gasteiger partial charge in [-0.25, -0.2) is 13.4 Å². The molecule has 120 valence electrons. The quantitative estimate of drug-likeness (QED) is 0.899. The Balaban J connectivity index is 1.61. The van der Waals surface area contributed by atoms with Gasteiger partial charge >= 0.3 is 0 Å². The summed E-state index contributed by atoms with van der Waals surface area (Å²) in [5, 5.41) is 4.05. The van der Waals surface area contributed by atoms with Crippen molar-refractivity contribution in [2.45, 2.75) is 13.0 Å². The van der Waals surface area contributed by atoms with Crippen LogP contribution in [0.2, 0.25) is 0 Å². The summed E-state index contributed by atoms with van der Waals surface area (Å²) in [7, 11) is -3.12. The average Bonchev–Trinajstić information content (AvgIpc) is 3.15. The van der Waals surface area contributed by atoms with Crippen LogP contribution in [0.5, 0.6) is 0 Å². The molecular weight excluding hydrogens is 314 g/mol. The smallest absolute Gasteiger partial charge is 0.220 e. The van der Waals surface area contributed by atoms with Crippen molar-refractivity contribution in [2.24, 2.45) is 5.92 Å². The number of sulfone groups is 1. The van der Waals surface area contributed by atoms with Gasteiger partial charge in [0.05, 0.1) is 17.8 Å². The second-order valence-electron chi connectivity index (χ2n) is 5.50. The van der Waals surface area contributed by atoms with Crippen LogP contribution in [0.4, 0.5) is 0 Å². The van der Waals surface area contributed by atoms with E-state index in [2.05, 4.69) is 10.3 Å². The van der Waals surface area contributed by atoms with Crippen LogP contribution in [0.3, 0.4) is 0 Å². The predicted molar refractivity (Wildman–Crippen MR) is 86.4 cm³/mol. The zero-order valence-electron chi connectivity index (χ0n) is 12.4. The monoisotopic (exact) mass is 331 g/mol. The van der Waals surface area contributed by atoms with E-state index in [-0.39, 0.29) is 24.0 Å². The van der Waals surface area contributed by atoms with E-state index >= 15 is 0 Å². The Morgan fingerprint density at radius 1 is 1.35 bits per heavy atom. The maximum absolute atomic E-state index is 12.0. The molecule has 23 heavy (non-hydrogen) atoms. The number of nitrogens with one attached hydrogen (secondary N) is 1. The number of hydrogen-bond acceptors (Lipinski definition) is 4. The lowest BCUT2D eigenvalue weighted by Gasteiger charge is -2.12. The lowest BCUT2D eigenvalue weighted by atomic mass is 10.1. The van der Waals surface area contributed by atoms with Gasteiger partial charge in [0, 0.05) is 36.7 Å². The van der Waals surface area contributed by atoms with E-state index in [0.29, 0.717) is 6.54 Å². The third-order valence-electron chi connectivity index (χ3n) is 3.70. The van der Waals surface area contributed by atoms with Crippen LogP contribution in [0.15, 0.2) is 54.5 Å². The predicted octanol–water partition coefficient (Wildman–Crippen LogP) is 1.44. The fourth-order valence-electron chi connectivity index (χ4n) is 2.59.